The summed E-state index contributed by atoms with van der Waals surface area (Å²) in [6, 6.07) is 20.1. The lowest BCUT2D eigenvalue weighted by Gasteiger charge is -2.26. The Hall–Kier alpha value is -4.31. The number of urea groups is 1. The third kappa shape index (κ3) is 7.50. The predicted octanol–water partition coefficient (Wildman–Crippen LogP) is 8.21. The number of halogens is 3. The summed E-state index contributed by atoms with van der Waals surface area (Å²) < 4.78 is 18.0. The fourth-order valence-electron chi connectivity index (χ4n) is 4.82. The third-order valence-electron chi connectivity index (χ3n) is 6.83. The Morgan fingerprint density at radius 3 is 2.24 bits per heavy atom. The Morgan fingerprint density at radius 2 is 1.58 bits per heavy atom. The fraction of sp³-hybridized carbons (Fsp3) is 0.147. The predicted molar refractivity (Wildman–Crippen MR) is 177 cm³/mol. The highest BCUT2D eigenvalue weighted by atomic mass is 79.9. The molecule has 0 spiro atoms. The van der Waals surface area contributed by atoms with E-state index in [2.05, 4.69) is 27.3 Å². The summed E-state index contributed by atoms with van der Waals surface area (Å²) in [5, 5.41) is 3.23. The molecule has 0 unspecified atom stereocenters. The number of amides is 4. The van der Waals surface area contributed by atoms with Gasteiger partial charge in [0.2, 0.25) is 0 Å². The van der Waals surface area contributed by atoms with E-state index in [0.717, 1.165) is 27.2 Å². The topological polar surface area (TPSA) is 94.2 Å². The molecule has 11 heteroatoms. The van der Waals surface area contributed by atoms with Crippen LogP contribution in [0.1, 0.15) is 27.8 Å². The normalized spacial score (nSPS) is 14.0. The van der Waals surface area contributed by atoms with Gasteiger partial charge in [-0.15, -0.1) is 0 Å². The van der Waals surface area contributed by atoms with Crippen molar-refractivity contribution in [1.82, 2.24) is 5.32 Å². The van der Waals surface area contributed by atoms with Crippen LogP contribution in [-0.4, -0.2) is 25.0 Å². The van der Waals surface area contributed by atoms with Gasteiger partial charge >= 0.3 is 6.03 Å². The molecular weight excluding hydrogens is 683 g/mol. The summed E-state index contributed by atoms with van der Waals surface area (Å²) in [7, 11) is 1.50. The number of hydrogen-bond acceptors (Lipinski definition) is 6. The molecule has 0 saturated carbocycles. The van der Waals surface area contributed by atoms with Crippen molar-refractivity contribution in [2.45, 2.75) is 27.1 Å². The van der Waals surface area contributed by atoms with E-state index in [1.54, 1.807) is 54.6 Å². The Balaban J connectivity index is 1.34. The van der Waals surface area contributed by atoms with Gasteiger partial charge in [-0.3, -0.25) is 14.9 Å². The average Bonchev–Trinajstić information content (AvgIpc) is 2.98. The van der Waals surface area contributed by atoms with Gasteiger partial charge in [-0.05, 0) is 95.5 Å². The maximum atomic E-state index is 13.5. The van der Waals surface area contributed by atoms with Gasteiger partial charge in [0.25, 0.3) is 11.8 Å². The highest BCUT2D eigenvalue weighted by Crippen LogP contribution is 2.38. The van der Waals surface area contributed by atoms with Gasteiger partial charge < -0.3 is 14.2 Å². The van der Waals surface area contributed by atoms with Gasteiger partial charge in [0, 0.05) is 15.6 Å². The van der Waals surface area contributed by atoms with E-state index in [1.165, 1.54) is 13.2 Å². The van der Waals surface area contributed by atoms with E-state index in [1.807, 2.05) is 26.0 Å². The van der Waals surface area contributed by atoms with Crippen molar-refractivity contribution >= 4 is 68.7 Å². The van der Waals surface area contributed by atoms with Gasteiger partial charge in [0.15, 0.2) is 11.5 Å². The van der Waals surface area contributed by atoms with Crippen LogP contribution in [0.5, 0.6) is 17.2 Å². The van der Waals surface area contributed by atoms with Crippen molar-refractivity contribution in [1.29, 1.82) is 0 Å². The van der Waals surface area contributed by atoms with E-state index < -0.39 is 17.8 Å². The molecule has 1 N–H and O–H groups in total. The molecule has 4 amide bonds. The second-order valence-electron chi connectivity index (χ2n) is 10.3. The zero-order chi connectivity index (χ0) is 32.2. The van der Waals surface area contributed by atoms with Crippen molar-refractivity contribution < 1.29 is 28.6 Å². The molecule has 0 radical (unpaired) electrons. The lowest BCUT2D eigenvalue weighted by molar-refractivity contribution is -0.122. The standard InChI is InChI=1S/C34H27BrCl2N2O6/c1-19-10-20(2)12-22(11-19)17-45-31-28(35)14-21(15-30(31)43-3)13-27-32(40)38-34(42)39(33(27)41)25-6-8-26(9-7-25)44-18-23-4-5-24(36)16-29(23)37/h4-16H,17-18H2,1-3H3,(H,38,40,42)/b27-13+. The number of methoxy groups -OCH3 is 1. The van der Waals surface area contributed by atoms with Crippen molar-refractivity contribution in [3.63, 3.8) is 0 Å². The maximum absolute atomic E-state index is 13.5. The minimum Gasteiger partial charge on any atom is -0.493 e. The highest BCUT2D eigenvalue weighted by Gasteiger charge is 2.37. The number of aryl methyl sites for hydroxylation is 2. The number of imide groups is 2. The van der Waals surface area contributed by atoms with Gasteiger partial charge in [0.1, 0.15) is 24.5 Å². The fourth-order valence-corrected chi connectivity index (χ4v) is 5.86. The molecule has 1 heterocycles. The molecule has 1 saturated heterocycles. The van der Waals surface area contributed by atoms with Crippen LogP contribution in [0.4, 0.5) is 10.5 Å². The zero-order valence-electron chi connectivity index (χ0n) is 24.5. The number of benzene rings is 4. The zero-order valence-corrected chi connectivity index (χ0v) is 27.5. The average molecular weight is 710 g/mol. The maximum Gasteiger partial charge on any atom is 0.335 e. The number of anilines is 1. The molecule has 0 bridgehead atoms. The summed E-state index contributed by atoms with van der Waals surface area (Å²) >= 11 is 15.7. The van der Waals surface area contributed by atoms with Crippen molar-refractivity contribution in [2.24, 2.45) is 0 Å². The number of nitrogens with one attached hydrogen (secondary N) is 1. The Kier molecular flexibility index (Phi) is 9.82. The minimum absolute atomic E-state index is 0.189. The first kappa shape index (κ1) is 32.1. The molecule has 1 aliphatic rings. The molecule has 230 valence electrons. The first-order valence-corrected chi connectivity index (χ1v) is 15.2. The van der Waals surface area contributed by atoms with Crippen LogP contribution >= 0.6 is 39.1 Å². The van der Waals surface area contributed by atoms with Crippen LogP contribution in [0.25, 0.3) is 6.08 Å². The summed E-state index contributed by atoms with van der Waals surface area (Å²) in [4.78, 5) is 39.9. The van der Waals surface area contributed by atoms with Crippen LogP contribution in [-0.2, 0) is 22.8 Å². The molecule has 0 aliphatic carbocycles. The molecule has 1 aliphatic heterocycles. The van der Waals surface area contributed by atoms with E-state index in [-0.39, 0.29) is 17.9 Å². The van der Waals surface area contributed by atoms with Crippen LogP contribution in [0.3, 0.4) is 0 Å². The highest BCUT2D eigenvalue weighted by molar-refractivity contribution is 9.10. The molecule has 8 nitrogen and oxygen atoms in total. The molecular formula is C34H27BrCl2N2O6. The van der Waals surface area contributed by atoms with Crippen molar-refractivity contribution in [3.8, 4) is 17.2 Å². The van der Waals surface area contributed by atoms with Crippen LogP contribution in [0.2, 0.25) is 10.0 Å². The second-order valence-corrected chi connectivity index (χ2v) is 12.0. The largest absolute Gasteiger partial charge is 0.493 e. The molecule has 4 aromatic carbocycles. The lowest BCUT2D eigenvalue weighted by atomic mass is 10.1. The summed E-state index contributed by atoms with van der Waals surface area (Å²) in [6.45, 7) is 4.55. The number of nitrogens with zero attached hydrogens (tertiary/aromatic N) is 1. The van der Waals surface area contributed by atoms with Crippen LogP contribution in [0.15, 0.2) is 82.8 Å². The van der Waals surface area contributed by atoms with E-state index in [0.29, 0.717) is 43.9 Å². The van der Waals surface area contributed by atoms with Gasteiger partial charge in [-0.25, -0.2) is 9.69 Å². The molecule has 45 heavy (non-hydrogen) atoms. The van der Waals surface area contributed by atoms with Gasteiger partial charge in [-0.2, -0.15) is 0 Å². The number of carbonyl (C=O) groups is 3. The first-order chi connectivity index (χ1) is 21.5. The summed E-state index contributed by atoms with van der Waals surface area (Å²) in [6.07, 6.45) is 1.39. The first-order valence-electron chi connectivity index (χ1n) is 13.7. The third-order valence-corrected chi connectivity index (χ3v) is 8.01. The van der Waals surface area contributed by atoms with Crippen molar-refractivity contribution in [2.75, 3.05) is 12.0 Å². The summed E-state index contributed by atoms with van der Waals surface area (Å²) in [5.41, 5.74) is 4.52. The number of ether oxygens (including phenoxy) is 3. The Labute approximate surface area is 278 Å². The smallest absolute Gasteiger partial charge is 0.335 e. The minimum atomic E-state index is -0.863. The number of carbonyl (C=O) groups excluding carboxylic acids is 3. The van der Waals surface area contributed by atoms with E-state index in [9.17, 15) is 14.4 Å². The Bertz CT molecular complexity index is 1820. The van der Waals surface area contributed by atoms with Gasteiger partial charge in [0.05, 0.1) is 17.3 Å². The Morgan fingerprint density at radius 1 is 0.867 bits per heavy atom. The molecule has 4 aromatic rings. The second kappa shape index (κ2) is 13.8. The van der Waals surface area contributed by atoms with Crippen LogP contribution in [0, 0.1) is 13.8 Å². The molecule has 1 fully saturated rings. The number of hydrogen-bond donors (Lipinski definition) is 1. The van der Waals surface area contributed by atoms with E-state index >= 15 is 0 Å². The number of barbiturate groups is 1. The van der Waals surface area contributed by atoms with Gasteiger partial charge in [-0.1, -0.05) is 58.6 Å². The SMILES string of the molecule is COc1cc(/C=C2\C(=O)NC(=O)N(c3ccc(OCc4ccc(Cl)cc4Cl)cc3)C2=O)cc(Br)c1OCc1cc(C)cc(C)c1. The van der Waals surface area contributed by atoms with E-state index in [4.69, 9.17) is 37.4 Å². The summed E-state index contributed by atoms with van der Waals surface area (Å²) in [5.74, 6) is -0.247. The quantitative estimate of drug-likeness (QED) is 0.139. The number of rotatable bonds is 9. The monoisotopic (exact) mass is 708 g/mol. The molecule has 0 aromatic heterocycles. The lowest BCUT2D eigenvalue weighted by Crippen LogP contribution is -2.54. The van der Waals surface area contributed by atoms with Crippen molar-refractivity contribution in [3.05, 3.63) is 121 Å². The molecule has 0 atom stereocenters. The molecule has 5 rings (SSSR count). The van der Waals surface area contributed by atoms with Crippen LogP contribution < -0.4 is 24.4 Å².